The monoisotopic (exact) mass is 348 g/mol. The van der Waals surface area contributed by atoms with Gasteiger partial charge in [-0.15, -0.1) is 0 Å². The molecule has 3 nitrogen and oxygen atoms in total. The number of piperidine rings is 1. The van der Waals surface area contributed by atoms with Crippen LogP contribution in [0, 0.1) is 0 Å². The van der Waals surface area contributed by atoms with Crippen molar-refractivity contribution >= 4 is 17.5 Å². The smallest absolute Gasteiger partial charge is 0.230 e. The summed E-state index contributed by atoms with van der Waals surface area (Å²) in [6.07, 6.45) is 9.23. The first kappa shape index (κ1) is 17.8. The quantitative estimate of drug-likeness (QED) is 0.783. The zero-order valence-corrected chi connectivity index (χ0v) is 15.3. The van der Waals surface area contributed by atoms with E-state index in [4.69, 9.17) is 11.6 Å². The van der Waals surface area contributed by atoms with Gasteiger partial charge in [-0.05, 0) is 69.4 Å². The van der Waals surface area contributed by atoms with Crippen LogP contribution < -0.4 is 5.32 Å². The summed E-state index contributed by atoms with van der Waals surface area (Å²) in [6.45, 7) is 4.34. The number of amides is 1. The van der Waals surface area contributed by atoms with Crippen LogP contribution in [0.3, 0.4) is 0 Å². The van der Waals surface area contributed by atoms with E-state index in [1.165, 1.54) is 32.4 Å². The molecule has 1 aromatic carbocycles. The summed E-state index contributed by atoms with van der Waals surface area (Å²) in [4.78, 5) is 15.5. The molecule has 1 N–H and O–H groups in total. The van der Waals surface area contributed by atoms with Gasteiger partial charge in [0, 0.05) is 11.6 Å². The number of carbonyl (C=O) groups is 1. The Hall–Kier alpha value is -1.06. The van der Waals surface area contributed by atoms with Crippen molar-refractivity contribution in [3.8, 4) is 0 Å². The van der Waals surface area contributed by atoms with Crippen LogP contribution in [0.1, 0.15) is 56.9 Å². The number of benzene rings is 1. The van der Waals surface area contributed by atoms with Gasteiger partial charge >= 0.3 is 0 Å². The molecular weight excluding hydrogens is 320 g/mol. The number of halogens is 1. The van der Waals surface area contributed by atoms with Crippen molar-refractivity contribution < 1.29 is 4.79 Å². The van der Waals surface area contributed by atoms with E-state index in [9.17, 15) is 4.79 Å². The SMILES string of the molecule is O=C(NCCCN1CCCCC1)C1(c2ccc(Cl)cc2)CCCC1. The number of carbonyl (C=O) groups excluding carboxylic acids is 1. The highest BCUT2D eigenvalue weighted by molar-refractivity contribution is 6.30. The normalized spacial score (nSPS) is 20.9. The molecule has 3 rings (SSSR count). The molecule has 1 saturated heterocycles. The van der Waals surface area contributed by atoms with E-state index in [1.54, 1.807) is 0 Å². The summed E-state index contributed by atoms with van der Waals surface area (Å²) < 4.78 is 0. The zero-order valence-electron chi connectivity index (χ0n) is 14.5. The van der Waals surface area contributed by atoms with E-state index in [0.29, 0.717) is 0 Å². The van der Waals surface area contributed by atoms with Gasteiger partial charge in [0.15, 0.2) is 0 Å². The zero-order chi connectivity index (χ0) is 16.8. The molecule has 2 fully saturated rings. The van der Waals surface area contributed by atoms with E-state index in [0.717, 1.165) is 55.8 Å². The summed E-state index contributed by atoms with van der Waals surface area (Å²) in [5.41, 5.74) is 0.785. The fourth-order valence-corrected chi connectivity index (χ4v) is 4.38. The Labute approximate surface area is 150 Å². The molecule has 1 amide bonds. The molecule has 0 bridgehead atoms. The van der Waals surface area contributed by atoms with E-state index < -0.39 is 0 Å². The van der Waals surface area contributed by atoms with E-state index >= 15 is 0 Å². The second-order valence-electron chi connectivity index (χ2n) is 7.31. The Morgan fingerprint density at radius 3 is 2.38 bits per heavy atom. The Balaban J connectivity index is 1.54. The lowest BCUT2D eigenvalue weighted by atomic mass is 9.78. The molecule has 132 valence electrons. The van der Waals surface area contributed by atoms with Crippen molar-refractivity contribution in [2.45, 2.75) is 56.8 Å². The molecule has 2 aliphatic rings. The van der Waals surface area contributed by atoms with Gasteiger partial charge in [-0.1, -0.05) is 43.0 Å². The average Bonchev–Trinajstić information content (AvgIpc) is 3.11. The van der Waals surface area contributed by atoms with Crippen LogP contribution in [0.2, 0.25) is 5.02 Å². The average molecular weight is 349 g/mol. The van der Waals surface area contributed by atoms with Crippen LogP contribution >= 0.6 is 11.6 Å². The maximum Gasteiger partial charge on any atom is 0.230 e. The van der Waals surface area contributed by atoms with Gasteiger partial charge in [-0.2, -0.15) is 0 Å². The van der Waals surface area contributed by atoms with Crippen molar-refractivity contribution in [2.24, 2.45) is 0 Å². The lowest BCUT2D eigenvalue weighted by molar-refractivity contribution is -0.126. The molecule has 1 saturated carbocycles. The van der Waals surface area contributed by atoms with Crippen LogP contribution in [-0.4, -0.2) is 37.0 Å². The lowest BCUT2D eigenvalue weighted by Crippen LogP contribution is -2.43. The van der Waals surface area contributed by atoms with Crippen molar-refractivity contribution in [1.29, 1.82) is 0 Å². The van der Waals surface area contributed by atoms with Crippen molar-refractivity contribution in [1.82, 2.24) is 10.2 Å². The van der Waals surface area contributed by atoms with Crippen molar-refractivity contribution in [3.05, 3.63) is 34.9 Å². The van der Waals surface area contributed by atoms with E-state index in [2.05, 4.69) is 10.2 Å². The van der Waals surface area contributed by atoms with E-state index in [-0.39, 0.29) is 11.3 Å². The molecule has 1 heterocycles. The third-order valence-corrected chi connectivity index (χ3v) is 5.93. The molecule has 1 aromatic rings. The number of hydrogen-bond acceptors (Lipinski definition) is 2. The van der Waals surface area contributed by atoms with Crippen molar-refractivity contribution in [2.75, 3.05) is 26.2 Å². The highest BCUT2D eigenvalue weighted by atomic mass is 35.5. The first-order valence-electron chi connectivity index (χ1n) is 9.47. The molecule has 0 unspecified atom stereocenters. The van der Waals surface area contributed by atoms with Gasteiger partial charge in [-0.25, -0.2) is 0 Å². The fourth-order valence-electron chi connectivity index (χ4n) is 4.25. The molecule has 0 spiro atoms. The van der Waals surface area contributed by atoms with Gasteiger partial charge in [0.05, 0.1) is 5.41 Å². The summed E-state index contributed by atoms with van der Waals surface area (Å²) >= 11 is 6.01. The van der Waals surface area contributed by atoms with Gasteiger partial charge in [0.2, 0.25) is 5.91 Å². The van der Waals surface area contributed by atoms with Crippen LogP contribution in [0.25, 0.3) is 0 Å². The molecule has 0 atom stereocenters. The Kier molecular flexibility index (Phi) is 6.18. The van der Waals surface area contributed by atoms with E-state index in [1.807, 2.05) is 24.3 Å². The largest absolute Gasteiger partial charge is 0.355 e. The third-order valence-electron chi connectivity index (χ3n) is 5.67. The number of nitrogens with zero attached hydrogens (tertiary/aromatic N) is 1. The summed E-state index contributed by atoms with van der Waals surface area (Å²) in [7, 11) is 0. The molecule has 24 heavy (non-hydrogen) atoms. The summed E-state index contributed by atoms with van der Waals surface area (Å²) in [5, 5.41) is 3.95. The standard InChI is InChI=1S/C20H29ClN2O/c21-18-9-7-17(8-10-18)20(11-2-3-12-20)19(24)22-13-6-16-23-14-4-1-5-15-23/h7-10H,1-6,11-16H2,(H,22,24). The van der Waals surface area contributed by atoms with Gasteiger partial charge in [0.25, 0.3) is 0 Å². The molecule has 4 heteroatoms. The maximum atomic E-state index is 12.9. The van der Waals surface area contributed by atoms with Gasteiger partial charge in [-0.3, -0.25) is 4.79 Å². The predicted octanol–water partition coefficient (Wildman–Crippen LogP) is 4.14. The lowest BCUT2D eigenvalue weighted by Gasteiger charge is -2.29. The number of likely N-dealkylation sites (tertiary alicyclic amines) is 1. The predicted molar refractivity (Wildman–Crippen MR) is 99.5 cm³/mol. The Morgan fingerprint density at radius 1 is 1.04 bits per heavy atom. The van der Waals surface area contributed by atoms with Crippen LogP contribution in [-0.2, 0) is 10.2 Å². The number of nitrogens with one attached hydrogen (secondary N) is 1. The second-order valence-corrected chi connectivity index (χ2v) is 7.74. The minimum absolute atomic E-state index is 0.209. The summed E-state index contributed by atoms with van der Waals surface area (Å²) in [6, 6.07) is 7.86. The van der Waals surface area contributed by atoms with Crippen LogP contribution in [0.15, 0.2) is 24.3 Å². The van der Waals surface area contributed by atoms with Crippen molar-refractivity contribution in [3.63, 3.8) is 0 Å². The van der Waals surface area contributed by atoms with Gasteiger partial charge < -0.3 is 10.2 Å². The van der Waals surface area contributed by atoms with Crippen LogP contribution in [0.4, 0.5) is 0 Å². The van der Waals surface area contributed by atoms with Crippen LogP contribution in [0.5, 0.6) is 0 Å². The molecule has 1 aliphatic heterocycles. The number of hydrogen-bond donors (Lipinski definition) is 1. The molecule has 1 aliphatic carbocycles. The van der Waals surface area contributed by atoms with Gasteiger partial charge in [0.1, 0.15) is 0 Å². The Bertz CT molecular complexity index is 531. The summed E-state index contributed by atoms with van der Waals surface area (Å²) in [5.74, 6) is 0.209. The maximum absolute atomic E-state index is 12.9. The topological polar surface area (TPSA) is 32.3 Å². The first-order chi connectivity index (χ1) is 11.7. The third kappa shape index (κ3) is 4.12. The molecular formula is C20H29ClN2O. The second kappa shape index (κ2) is 8.35. The Morgan fingerprint density at radius 2 is 1.71 bits per heavy atom. The highest BCUT2D eigenvalue weighted by Crippen LogP contribution is 2.41. The molecule has 0 radical (unpaired) electrons. The minimum Gasteiger partial charge on any atom is -0.355 e. The fraction of sp³-hybridized carbons (Fsp3) is 0.650. The molecule has 0 aromatic heterocycles. The number of rotatable bonds is 6. The minimum atomic E-state index is -0.338. The highest BCUT2D eigenvalue weighted by Gasteiger charge is 2.42. The first-order valence-corrected chi connectivity index (χ1v) is 9.85.